The third-order valence-electron chi connectivity index (χ3n) is 3.28. The first kappa shape index (κ1) is 15.3. The van der Waals surface area contributed by atoms with Crippen LogP contribution in [-0.4, -0.2) is 26.9 Å². The third kappa shape index (κ3) is 3.43. The molecule has 2 heterocycles. The molecule has 2 N–H and O–H groups in total. The minimum atomic E-state index is -0.435. The SMILES string of the molecule is CNc1nc(Nc2ccc([N+](=O)[O-])cc2)cc(-c2ccncc2)n1. The fraction of sp³-hybridized carbons (Fsp3) is 0.0625. The highest BCUT2D eigenvalue weighted by molar-refractivity contribution is 5.67. The average molecular weight is 322 g/mol. The van der Waals surface area contributed by atoms with Crippen molar-refractivity contribution >= 4 is 23.1 Å². The van der Waals surface area contributed by atoms with Crippen LogP contribution in [0, 0.1) is 10.1 Å². The molecule has 0 aliphatic heterocycles. The maximum absolute atomic E-state index is 10.7. The molecule has 0 radical (unpaired) electrons. The van der Waals surface area contributed by atoms with E-state index in [0.29, 0.717) is 17.5 Å². The van der Waals surface area contributed by atoms with Gasteiger partial charge in [-0.15, -0.1) is 0 Å². The van der Waals surface area contributed by atoms with Crippen molar-refractivity contribution in [1.82, 2.24) is 15.0 Å². The number of pyridine rings is 1. The van der Waals surface area contributed by atoms with Gasteiger partial charge in [0.05, 0.1) is 10.6 Å². The van der Waals surface area contributed by atoms with Crippen LogP contribution < -0.4 is 10.6 Å². The molecule has 3 rings (SSSR count). The Bertz CT molecular complexity index is 852. The van der Waals surface area contributed by atoms with Crippen LogP contribution in [0.5, 0.6) is 0 Å². The Morgan fingerprint density at radius 3 is 2.38 bits per heavy atom. The van der Waals surface area contributed by atoms with Crippen molar-refractivity contribution in [1.29, 1.82) is 0 Å². The molecule has 8 nitrogen and oxygen atoms in total. The zero-order chi connectivity index (χ0) is 16.9. The van der Waals surface area contributed by atoms with E-state index in [4.69, 9.17) is 0 Å². The zero-order valence-corrected chi connectivity index (χ0v) is 12.8. The molecular weight excluding hydrogens is 308 g/mol. The van der Waals surface area contributed by atoms with Gasteiger partial charge in [-0.05, 0) is 24.3 Å². The van der Waals surface area contributed by atoms with E-state index in [1.165, 1.54) is 12.1 Å². The van der Waals surface area contributed by atoms with Gasteiger partial charge in [-0.1, -0.05) is 0 Å². The lowest BCUT2D eigenvalue weighted by Crippen LogP contribution is -2.02. The van der Waals surface area contributed by atoms with Gasteiger partial charge in [0.2, 0.25) is 5.95 Å². The Labute approximate surface area is 137 Å². The van der Waals surface area contributed by atoms with Crippen LogP contribution in [0.25, 0.3) is 11.3 Å². The van der Waals surface area contributed by atoms with E-state index in [-0.39, 0.29) is 5.69 Å². The molecule has 0 amide bonds. The molecule has 0 saturated heterocycles. The normalized spacial score (nSPS) is 10.2. The van der Waals surface area contributed by atoms with Gasteiger partial charge in [-0.3, -0.25) is 15.1 Å². The molecule has 3 aromatic rings. The third-order valence-corrected chi connectivity index (χ3v) is 3.28. The van der Waals surface area contributed by atoms with Crippen molar-refractivity contribution in [2.75, 3.05) is 17.7 Å². The number of aromatic nitrogens is 3. The van der Waals surface area contributed by atoms with E-state index >= 15 is 0 Å². The molecule has 1 aromatic carbocycles. The number of nitrogens with one attached hydrogen (secondary N) is 2. The number of hydrogen-bond donors (Lipinski definition) is 2. The summed E-state index contributed by atoms with van der Waals surface area (Å²) in [6, 6.07) is 11.7. The van der Waals surface area contributed by atoms with Crippen molar-refractivity contribution in [2.24, 2.45) is 0 Å². The van der Waals surface area contributed by atoms with Crippen LogP contribution in [-0.2, 0) is 0 Å². The second-order valence-corrected chi connectivity index (χ2v) is 4.88. The van der Waals surface area contributed by atoms with Gasteiger partial charge in [0, 0.05) is 48.9 Å². The molecule has 0 aliphatic carbocycles. The number of non-ortho nitro benzene ring substituents is 1. The van der Waals surface area contributed by atoms with E-state index in [9.17, 15) is 10.1 Å². The molecular formula is C16H14N6O2. The zero-order valence-electron chi connectivity index (χ0n) is 12.8. The average Bonchev–Trinajstić information content (AvgIpc) is 2.62. The number of rotatable bonds is 5. The Morgan fingerprint density at radius 1 is 1.04 bits per heavy atom. The summed E-state index contributed by atoms with van der Waals surface area (Å²) < 4.78 is 0. The molecule has 0 atom stereocenters. The van der Waals surface area contributed by atoms with Gasteiger partial charge in [0.15, 0.2) is 0 Å². The number of nitrogens with zero attached hydrogens (tertiary/aromatic N) is 4. The lowest BCUT2D eigenvalue weighted by molar-refractivity contribution is -0.384. The molecule has 8 heteroatoms. The lowest BCUT2D eigenvalue weighted by Gasteiger charge is -2.10. The smallest absolute Gasteiger partial charge is 0.269 e. The first-order valence-corrected chi connectivity index (χ1v) is 7.14. The summed E-state index contributed by atoms with van der Waals surface area (Å²) in [5, 5.41) is 16.8. The van der Waals surface area contributed by atoms with Crippen LogP contribution in [0.15, 0.2) is 54.9 Å². The topological polar surface area (TPSA) is 106 Å². The second kappa shape index (κ2) is 6.69. The standard InChI is InChI=1S/C16H14N6O2/c1-17-16-20-14(11-6-8-18-9-7-11)10-15(21-16)19-12-2-4-13(5-3-12)22(23)24/h2-10H,1H3,(H2,17,19,20,21). The van der Waals surface area contributed by atoms with Gasteiger partial charge in [0.1, 0.15) is 5.82 Å². The summed E-state index contributed by atoms with van der Waals surface area (Å²) in [7, 11) is 1.74. The molecule has 24 heavy (non-hydrogen) atoms. The Balaban J connectivity index is 1.91. The van der Waals surface area contributed by atoms with Crippen molar-refractivity contribution in [3.8, 4) is 11.3 Å². The highest BCUT2D eigenvalue weighted by Gasteiger charge is 2.08. The second-order valence-electron chi connectivity index (χ2n) is 4.88. The Kier molecular flexibility index (Phi) is 4.28. The van der Waals surface area contributed by atoms with Gasteiger partial charge in [-0.2, -0.15) is 4.98 Å². The molecule has 0 unspecified atom stereocenters. The first-order chi connectivity index (χ1) is 11.7. The predicted octanol–water partition coefficient (Wildman–Crippen LogP) is 3.23. The molecule has 0 fully saturated rings. The fourth-order valence-corrected chi connectivity index (χ4v) is 2.11. The van der Waals surface area contributed by atoms with E-state index in [2.05, 4.69) is 25.6 Å². The lowest BCUT2D eigenvalue weighted by atomic mass is 10.2. The van der Waals surface area contributed by atoms with E-state index < -0.39 is 4.92 Å². The fourth-order valence-electron chi connectivity index (χ4n) is 2.11. The van der Waals surface area contributed by atoms with Crippen LogP contribution in [0.3, 0.4) is 0 Å². The van der Waals surface area contributed by atoms with E-state index in [0.717, 1.165) is 11.3 Å². The van der Waals surface area contributed by atoms with Gasteiger partial charge < -0.3 is 10.6 Å². The quantitative estimate of drug-likeness (QED) is 0.548. The molecule has 0 saturated carbocycles. The van der Waals surface area contributed by atoms with Gasteiger partial charge in [-0.25, -0.2) is 4.98 Å². The molecule has 0 aliphatic rings. The van der Waals surface area contributed by atoms with Crippen LogP contribution >= 0.6 is 0 Å². The summed E-state index contributed by atoms with van der Waals surface area (Å²) in [6.07, 6.45) is 3.39. The van der Waals surface area contributed by atoms with Crippen molar-refractivity contribution in [3.63, 3.8) is 0 Å². The summed E-state index contributed by atoms with van der Waals surface area (Å²) in [5.74, 6) is 1.05. The number of nitro groups is 1. The Morgan fingerprint density at radius 2 is 1.75 bits per heavy atom. The molecule has 0 spiro atoms. The van der Waals surface area contributed by atoms with Gasteiger partial charge >= 0.3 is 0 Å². The maximum atomic E-state index is 10.7. The summed E-state index contributed by atoms with van der Waals surface area (Å²) in [4.78, 5) is 23.0. The number of anilines is 3. The largest absolute Gasteiger partial charge is 0.357 e. The highest BCUT2D eigenvalue weighted by atomic mass is 16.6. The summed E-state index contributed by atoms with van der Waals surface area (Å²) in [5.41, 5.74) is 2.38. The highest BCUT2D eigenvalue weighted by Crippen LogP contribution is 2.24. The van der Waals surface area contributed by atoms with Crippen LogP contribution in [0.2, 0.25) is 0 Å². The monoisotopic (exact) mass is 322 g/mol. The first-order valence-electron chi connectivity index (χ1n) is 7.14. The maximum Gasteiger partial charge on any atom is 0.269 e. The summed E-state index contributed by atoms with van der Waals surface area (Å²) in [6.45, 7) is 0. The predicted molar refractivity (Wildman–Crippen MR) is 91.2 cm³/mol. The molecule has 0 bridgehead atoms. The van der Waals surface area contributed by atoms with Crippen molar-refractivity contribution in [3.05, 3.63) is 65.0 Å². The number of nitro benzene ring substituents is 1. The minimum Gasteiger partial charge on any atom is -0.357 e. The Hall–Kier alpha value is -3.55. The minimum absolute atomic E-state index is 0.0385. The number of hydrogen-bond acceptors (Lipinski definition) is 7. The number of benzene rings is 1. The molecule has 120 valence electrons. The van der Waals surface area contributed by atoms with Crippen molar-refractivity contribution in [2.45, 2.75) is 0 Å². The summed E-state index contributed by atoms with van der Waals surface area (Å²) >= 11 is 0. The molecule has 2 aromatic heterocycles. The van der Waals surface area contributed by atoms with Crippen molar-refractivity contribution < 1.29 is 4.92 Å². The van der Waals surface area contributed by atoms with Crippen LogP contribution in [0.1, 0.15) is 0 Å². The van der Waals surface area contributed by atoms with Gasteiger partial charge in [0.25, 0.3) is 5.69 Å². The van der Waals surface area contributed by atoms with Crippen LogP contribution in [0.4, 0.5) is 23.1 Å². The van der Waals surface area contributed by atoms with E-state index in [1.54, 1.807) is 37.6 Å². The van der Waals surface area contributed by atoms with E-state index in [1.807, 2.05) is 12.1 Å².